The molecule has 2 aromatic rings. The van der Waals surface area contributed by atoms with Gasteiger partial charge in [0.1, 0.15) is 11.4 Å². The van der Waals surface area contributed by atoms with Crippen molar-refractivity contribution in [3.8, 4) is 15.5 Å². The highest BCUT2D eigenvalue weighted by molar-refractivity contribution is 7.23. The first-order chi connectivity index (χ1) is 24.3. The van der Waals surface area contributed by atoms with Crippen LogP contribution in [0.15, 0.2) is 34.3 Å². The van der Waals surface area contributed by atoms with Crippen molar-refractivity contribution in [2.24, 2.45) is 28.3 Å². The molecule has 0 bridgehead atoms. The molecule has 0 saturated heterocycles. The van der Waals surface area contributed by atoms with E-state index in [0.29, 0.717) is 22.6 Å². The Labute approximate surface area is 320 Å². The van der Waals surface area contributed by atoms with E-state index in [0.717, 1.165) is 59.6 Å². The Hall–Kier alpha value is -2.98. The molecule has 3 unspecified atom stereocenters. The number of allylic oxidation sites excluding steroid dienone is 2. The van der Waals surface area contributed by atoms with Crippen molar-refractivity contribution in [1.29, 1.82) is 10.8 Å². The molecule has 3 heterocycles. The Kier molecular flexibility index (Phi) is 13.3. The Bertz CT molecular complexity index is 1730. The normalized spacial score (nSPS) is 19.2. The number of rotatable bonds is 17. The SMILES string of the molecule is CCCCCC(C)CCC1(CCC(C)CCCC(C)C)Oc2cc(C(C)(C)C)sc2-c2sc(C3=C([N+](=O)[O-])C(N=O)=C(C(C)(C)C)C(=N)C3=N)cc21. The van der Waals surface area contributed by atoms with Gasteiger partial charge in [-0.2, -0.15) is 0 Å². The summed E-state index contributed by atoms with van der Waals surface area (Å²) in [6.45, 7) is 23.4. The summed E-state index contributed by atoms with van der Waals surface area (Å²) >= 11 is 3.13. The van der Waals surface area contributed by atoms with Crippen molar-refractivity contribution >= 4 is 39.7 Å². The lowest BCUT2D eigenvalue weighted by molar-refractivity contribution is -0.419. The van der Waals surface area contributed by atoms with Gasteiger partial charge in [0, 0.05) is 20.9 Å². The molecular weight excluding hydrogens is 689 g/mol. The molecule has 2 N–H and O–H groups in total. The van der Waals surface area contributed by atoms with Crippen molar-refractivity contribution in [3.05, 3.63) is 59.4 Å². The van der Waals surface area contributed by atoms with Gasteiger partial charge in [-0.05, 0) is 71.6 Å². The van der Waals surface area contributed by atoms with Crippen molar-refractivity contribution in [3.63, 3.8) is 0 Å². The summed E-state index contributed by atoms with van der Waals surface area (Å²) in [6, 6.07) is 4.19. The molecule has 10 heteroatoms. The average Bonchev–Trinajstić information content (AvgIpc) is 3.68. The highest BCUT2D eigenvalue weighted by atomic mass is 32.1. The third kappa shape index (κ3) is 9.03. The van der Waals surface area contributed by atoms with Gasteiger partial charge in [0.25, 0.3) is 0 Å². The molecular formula is C42H62N4O4S2. The van der Waals surface area contributed by atoms with E-state index in [1.54, 1.807) is 32.1 Å². The Balaban J connectivity index is 1.95. The standard InChI is InChI=1S/C42H62N4O4S2/c1-12-13-14-17-26(4)19-21-42(22-20-27(5)18-15-16-25(2)3)28-23-30(51-38(28)39-29(50-42)24-31(52-39)40(6,7)8)32-34(43)35(44)33(41(9,10)11)36(45-47)37(32)46(48)49/h23-27,43-44H,12-22H2,1-11H3. The molecule has 0 spiro atoms. The zero-order valence-electron chi connectivity index (χ0n) is 33.5. The van der Waals surface area contributed by atoms with Crippen LogP contribution in [0.25, 0.3) is 15.3 Å². The van der Waals surface area contributed by atoms with Crippen molar-refractivity contribution in [2.45, 2.75) is 158 Å². The first kappa shape index (κ1) is 41.8. The van der Waals surface area contributed by atoms with Crippen LogP contribution < -0.4 is 4.74 Å². The van der Waals surface area contributed by atoms with Gasteiger partial charge in [-0.3, -0.25) is 20.9 Å². The number of hydrogen-bond acceptors (Lipinski definition) is 9. The highest BCUT2D eigenvalue weighted by Crippen LogP contribution is 2.58. The minimum absolute atomic E-state index is 0.00459. The van der Waals surface area contributed by atoms with Crippen LogP contribution in [0.5, 0.6) is 5.75 Å². The van der Waals surface area contributed by atoms with Gasteiger partial charge in [0.15, 0.2) is 5.70 Å². The van der Waals surface area contributed by atoms with E-state index in [1.807, 2.05) is 6.07 Å². The molecule has 286 valence electrons. The fraction of sp³-hybridized carbons (Fsp3) is 0.667. The van der Waals surface area contributed by atoms with Crippen LogP contribution >= 0.6 is 22.7 Å². The molecule has 2 aliphatic rings. The fourth-order valence-corrected chi connectivity index (χ4v) is 10.2. The molecule has 1 aliphatic heterocycles. The number of hydrogen-bond donors (Lipinski definition) is 2. The zero-order valence-corrected chi connectivity index (χ0v) is 35.1. The minimum Gasteiger partial charge on any atom is -0.481 e. The van der Waals surface area contributed by atoms with Crippen LogP contribution in [0.4, 0.5) is 0 Å². The maximum atomic E-state index is 12.8. The second-order valence-corrected chi connectivity index (χ2v) is 20.0. The first-order valence-electron chi connectivity index (χ1n) is 19.4. The summed E-state index contributed by atoms with van der Waals surface area (Å²) in [6.07, 6.45) is 11.9. The minimum atomic E-state index is -0.800. The van der Waals surface area contributed by atoms with Crippen LogP contribution in [0.1, 0.15) is 162 Å². The maximum Gasteiger partial charge on any atom is 0.309 e. The van der Waals surface area contributed by atoms with E-state index in [4.69, 9.17) is 10.1 Å². The average molecular weight is 751 g/mol. The van der Waals surface area contributed by atoms with Gasteiger partial charge in [-0.25, -0.2) is 0 Å². The maximum absolute atomic E-state index is 12.8. The number of thiophene rings is 2. The Morgan fingerprint density at radius 2 is 1.46 bits per heavy atom. The highest BCUT2D eigenvalue weighted by Gasteiger charge is 2.47. The molecule has 1 aliphatic carbocycles. The second kappa shape index (κ2) is 16.6. The van der Waals surface area contributed by atoms with E-state index in [9.17, 15) is 20.4 Å². The van der Waals surface area contributed by atoms with Crippen molar-refractivity contribution in [2.75, 3.05) is 0 Å². The molecule has 3 atom stereocenters. The quantitative estimate of drug-likeness (QED) is 0.0548. The van der Waals surface area contributed by atoms with E-state index < -0.39 is 21.6 Å². The van der Waals surface area contributed by atoms with E-state index in [-0.39, 0.29) is 33.7 Å². The van der Waals surface area contributed by atoms with Crippen LogP contribution in [0, 0.1) is 49.0 Å². The molecule has 4 rings (SSSR count). The topological polar surface area (TPSA) is 130 Å². The van der Waals surface area contributed by atoms with Crippen LogP contribution in [0.3, 0.4) is 0 Å². The van der Waals surface area contributed by atoms with Crippen LogP contribution in [-0.2, 0) is 11.0 Å². The van der Waals surface area contributed by atoms with Gasteiger partial charge in [0.2, 0.25) is 0 Å². The molecule has 0 saturated carbocycles. The van der Waals surface area contributed by atoms with Gasteiger partial charge >= 0.3 is 5.70 Å². The Morgan fingerprint density at radius 1 is 0.846 bits per heavy atom. The molecule has 0 radical (unpaired) electrons. The van der Waals surface area contributed by atoms with E-state index >= 15 is 0 Å². The van der Waals surface area contributed by atoms with Crippen LogP contribution in [-0.4, -0.2) is 16.3 Å². The predicted octanol–water partition coefficient (Wildman–Crippen LogP) is 13.7. The lowest BCUT2D eigenvalue weighted by Crippen LogP contribution is -2.36. The summed E-state index contributed by atoms with van der Waals surface area (Å²) in [5.41, 5.74) is -1.72. The number of unbranched alkanes of at least 4 members (excludes halogenated alkanes) is 2. The molecule has 0 aromatic carbocycles. The summed E-state index contributed by atoms with van der Waals surface area (Å²) < 4.78 is 7.31. The lowest BCUT2D eigenvalue weighted by atomic mass is 9.75. The summed E-state index contributed by atoms with van der Waals surface area (Å²) in [5.74, 6) is 2.57. The second-order valence-electron chi connectivity index (χ2n) is 17.9. The third-order valence-corrected chi connectivity index (χ3v) is 13.6. The van der Waals surface area contributed by atoms with Crippen molar-refractivity contribution in [1.82, 2.24) is 0 Å². The summed E-state index contributed by atoms with van der Waals surface area (Å²) in [5, 5.41) is 34.2. The Morgan fingerprint density at radius 3 is 1.98 bits per heavy atom. The smallest absolute Gasteiger partial charge is 0.309 e. The molecule has 0 amide bonds. The largest absolute Gasteiger partial charge is 0.481 e. The first-order valence-corrected chi connectivity index (χ1v) is 21.0. The number of fused-ring (bicyclic) bond motifs is 3. The third-order valence-electron chi connectivity index (χ3n) is 10.8. The number of ether oxygens (including phenoxy) is 1. The molecule has 2 aromatic heterocycles. The predicted molar refractivity (Wildman–Crippen MR) is 220 cm³/mol. The number of nitrogens with one attached hydrogen (secondary N) is 2. The lowest BCUT2D eigenvalue weighted by Gasteiger charge is -2.39. The van der Waals surface area contributed by atoms with Gasteiger partial charge < -0.3 is 4.74 Å². The molecule has 0 fully saturated rings. The van der Waals surface area contributed by atoms with E-state index in [1.165, 1.54) is 48.3 Å². The summed E-state index contributed by atoms with van der Waals surface area (Å²) in [7, 11) is 0. The van der Waals surface area contributed by atoms with Crippen LogP contribution in [0.2, 0.25) is 0 Å². The van der Waals surface area contributed by atoms with E-state index in [2.05, 4.69) is 66.6 Å². The monoisotopic (exact) mass is 750 g/mol. The van der Waals surface area contributed by atoms with Gasteiger partial charge in [-0.15, -0.1) is 27.6 Å². The number of nitrogens with zero attached hydrogens (tertiary/aromatic N) is 2. The number of nitro groups is 1. The zero-order chi connectivity index (χ0) is 38.8. The van der Waals surface area contributed by atoms with Crippen molar-refractivity contribution < 1.29 is 9.66 Å². The summed E-state index contributed by atoms with van der Waals surface area (Å²) in [4.78, 5) is 28.4. The molecule has 52 heavy (non-hydrogen) atoms. The number of nitroso groups, excluding NO2 is 1. The molecule has 8 nitrogen and oxygen atoms in total. The fourth-order valence-electron chi connectivity index (χ4n) is 7.59. The van der Waals surface area contributed by atoms with Gasteiger partial charge in [-0.1, -0.05) is 121 Å². The van der Waals surface area contributed by atoms with Gasteiger partial charge in [0.05, 0.1) is 31.7 Å².